The monoisotopic (exact) mass is 398 g/mol. The van der Waals surface area contributed by atoms with E-state index in [0.29, 0.717) is 11.0 Å². The van der Waals surface area contributed by atoms with E-state index in [1.165, 1.54) is 4.57 Å². The minimum atomic E-state index is -1.65. The van der Waals surface area contributed by atoms with E-state index in [0.717, 1.165) is 11.1 Å². The number of aliphatic hydroxyl groups excluding tert-OH is 4. The minimum Gasteiger partial charge on any atom is -0.857 e. The summed E-state index contributed by atoms with van der Waals surface area (Å²) in [5.41, 5.74) is 1.60. The number of hydrogen-bond acceptors (Lipinski definition) is 9. The molecule has 1 aromatic carbocycles. The summed E-state index contributed by atoms with van der Waals surface area (Å²) in [6.45, 7) is 2.70. The Labute approximate surface area is 181 Å². The summed E-state index contributed by atoms with van der Waals surface area (Å²) in [4.78, 5) is 22.9. The van der Waals surface area contributed by atoms with Crippen LogP contribution in [0, 0.1) is 13.8 Å². The second-order valence-electron chi connectivity index (χ2n) is 6.44. The molecule has 1 aromatic rings. The Kier molecular flexibility index (Phi) is 7.10. The second kappa shape index (κ2) is 8.78. The van der Waals surface area contributed by atoms with Gasteiger partial charge in [0, 0.05) is 5.88 Å². The van der Waals surface area contributed by atoms with E-state index in [4.69, 9.17) is 5.11 Å². The maximum Gasteiger partial charge on any atom is 1.00 e. The van der Waals surface area contributed by atoms with Crippen LogP contribution in [0.5, 0.6) is 5.88 Å². The number of nitrogens with zero attached hydrogens (tertiary/aromatic N) is 4. The molecule has 144 valence electrons. The molecule has 0 saturated carbocycles. The number of rotatable bonds is 5. The molecule has 10 nitrogen and oxygen atoms in total. The molecule has 2 aliphatic heterocycles. The third-order valence-electron chi connectivity index (χ3n) is 4.53. The van der Waals surface area contributed by atoms with Crippen LogP contribution < -0.4 is 40.4 Å². The van der Waals surface area contributed by atoms with Gasteiger partial charge in [0.25, 0.3) is 0 Å². The Morgan fingerprint density at radius 1 is 1.07 bits per heavy atom. The van der Waals surface area contributed by atoms with Crippen molar-refractivity contribution in [2.75, 3.05) is 6.61 Å². The molecule has 0 fully saturated rings. The van der Waals surface area contributed by atoms with Crippen LogP contribution in [0.15, 0.2) is 16.9 Å². The van der Waals surface area contributed by atoms with E-state index < -0.39 is 36.5 Å². The van der Waals surface area contributed by atoms with Gasteiger partial charge < -0.3 is 30.1 Å². The van der Waals surface area contributed by atoms with Gasteiger partial charge in [-0.3, -0.25) is 0 Å². The summed E-state index contributed by atoms with van der Waals surface area (Å²) < 4.78 is 1.38. The van der Waals surface area contributed by atoms with Gasteiger partial charge in [0.15, 0.2) is 5.82 Å². The van der Waals surface area contributed by atoms with E-state index in [9.17, 15) is 25.2 Å². The van der Waals surface area contributed by atoms with E-state index in [2.05, 4.69) is 15.0 Å². The first-order valence-corrected chi connectivity index (χ1v) is 8.24. The van der Waals surface area contributed by atoms with E-state index in [1.54, 1.807) is 12.1 Å². The summed E-state index contributed by atoms with van der Waals surface area (Å²) >= 11 is 0. The van der Waals surface area contributed by atoms with Gasteiger partial charge in [0.2, 0.25) is 0 Å². The van der Waals surface area contributed by atoms with Crippen molar-refractivity contribution in [1.29, 1.82) is 0 Å². The summed E-state index contributed by atoms with van der Waals surface area (Å²) in [6.07, 6.45) is -4.70. The SMILES string of the molecule is Cc1cc2nc3c([O-])nc(=O)nc-3n(C[C@@H](O)[C@@H](O)[C@@H](O)CO)c2cc1C.[Na+]. The third kappa shape index (κ3) is 4.18. The van der Waals surface area contributed by atoms with Crippen LogP contribution in [0.3, 0.4) is 0 Å². The van der Waals surface area contributed by atoms with Crippen LogP contribution in [0.25, 0.3) is 22.6 Å². The molecule has 3 rings (SSSR count). The fourth-order valence-electron chi connectivity index (χ4n) is 2.86. The Morgan fingerprint density at radius 2 is 1.71 bits per heavy atom. The number of benzene rings is 1. The predicted molar refractivity (Wildman–Crippen MR) is 92.2 cm³/mol. The Balaban J connectivity index is 0.00000280. The summed E-state index contributed by atoms with van der Waals surface area (Å²) in [5, 5.41) is 50.9. The number of aryl methyl sites for hydroxylation is 2. The molecular formula is C17H19N4NaO6. The molecule has 0 amide bonds. The smallest absolute Gasteiger partial charge is 0.857 e. The van der Waals surface area contributed by atoms with Crippen molar-refractivity contribution < 1.29 is 55.1 Å². The maximum atomic E-state index is 12.1. The molecule has 0 aliphatic carbocycles. The molecule has 3 atom stereocenters. The van der Waals surface area contributed by atoms with Gasteiger partial charge in [-0.1, -0.05) is 0 Å². The summed E-state index contributed by atoms with van der Waals surface area (Å²) in [6, 6.07) is 3.51. The van der Waals surface area contributed by atoms with Gasteiger partial charge in [-0.2, -0.15) is 4.98 Å². The number of hydrogen-bond donors (Lipinski definition) is 4. The Bertz CT molecular complexity index is 1030. The topological polar surface area (TPSA) is 165 Å². The zero-order valence-electron chi connectivity index (χ0n) is 15.7. The van der Waals surface area contributed by atoms with Gasteiger partial charge in [-0.25, -0.2) is 14.8 Å². The minimum absolute atomic E-state index is 0. The molecule has 2 heterocycles. The third-order valence-corrected chi connectivity index (χ3v) is 4.53. The van der Waals surface area contributed by atoms with Crippen LogP contribution in [-0.4, -0.2) is 64.9 Å². The first kappa shape index (κ1) is 22.6. The molecule has 0 unspecified atom stereocenters. The van der Waals surface area contributed by atoms with Crippen LogP contribution in [0.2, 0.25) is 0 Å². The summed E-state index contributed by atoms with van der Waals surface area (Å²) in [7, 11) is 0. The molecule has 4 N–H and O–H groups in total. The second-order valence-corrected chi connectivity index (χ2v) is 6.44. The molecular weight excluding hydrogens is 379 g/mol. The van der Waals surface area contributed by atoms with Crippen LogP contribution in [-0.2, 0) is 6.54 Å². The Morgan fingerprint density at radius 3 is 2.36 bits per heavy atom. The largest absolute Gasteiger partial charge is 1.00 e. The standard InChI is InChI=1S/C17H20N4O6.Na/c1-7-3-9-10(4-8(7)2)21(5-11(23)14(25)12(24)6-22)15-13(18-9)16(26)20-17(27)19-15;/h3-4,11-12,14,22-25H,5-6H2,1-2H3,(H,20,26,27);/q;+1/p-1/t11-,12+,14-;/m1./s1. The van der Waals surface area contributed by atoms with Crippen LogP contribution >= 0.6 is 0 Å². The Hall–Kier alpha value is -1.66. The zero-order valence-corrected chi connectivity index (χ0v) is 17.7. The first-order chi connectivity index (χ1) is 12.7. The van der Waals surface area contributed by atoms with Crippen molar-refractivity contribution in [1.82, 2.24) is 19.5 Å². The molecule has 0 radical (unpaired) electrons. The van der Waals surface area contributed by atoms with Crippen LogP contribution in [0.1, 0.15) is 11.1 Å². The van der Waals surface area contributed by atoms with E-state index in [-0.39, 0.29) is 47.6 Å². The van der Waals surface area contributed by atoms with E-state index >= 15 is 0 Å². The fraction of sp³-hybridized carbons (Fsp3) is 0.412. The van der Waals surface area contributed by atoms with Gasteiger partial charge in [-0.05, 0) is 37.1 Å². The average molecular weight is 398 g/mol. The van der Waals surface area contributed by atoms with Crippen molar-refractivity contribution in [3.8, 4) is 17.4 Å². The van der Waals surface area contributed by atoms with Crippen LogP contribution in [0.4, 0.5) is 0 Å². The molecule has 0 aromatic heterocycles. The molecule has 0 saturated heterocycles. The van der Waals surface area contributed by atoms with Crippen molar-refractivity contribution in [2.45, 2.75) is 38.7 Å². The molecule has 11 heteroatoms. The van der Waals surface area contributed by atoms with E-state index in [1.807, 2.05) is 13.8 Å². The van der Waals surface area contributed by atoms with Crippen molar-refractivity contribution in [2.24, 2.45) is 0 Å². The van der Waals surface area contributed by atoms with Crippen molar-refractivity contribution in [3.63, 3.8) is 0 Å². The molecule has 2 aliphatic rings. The first-order valence-electron chi connectivity index (χ1n) is 8.24. The van der Waals surface area contributed by atoms with Crippen molar-refractivity contribution in [3.05, 3.63) is 33.7 Å². The normalized spacial score (nSPS) is 14.6. The van der Waals surface area contributed by atoms with Crippen molar-refractivity contribution >= 4 is 11.0 Å². The maximum absolute atomic E-state index is 12.1. The molecule has 0 bridgehead atoms. The number of aromatic nitrogens is 4. The molecule has 0 spiro atoms. The average Bonchev–Trinajstić information content (AvgIpc) is 2.62. The van der Waals surface area contributed by atoms with Gasteiger partial charge >= 0.3 is 35.2 Å². The summed E-state index contributed by atoms with van der Waals surface area (Å²) in [5.74, 6) is -0.926. The number of aliphatic hydroxyl groups is 4. The quantitative estimate of drug-likeness (QED) is 0.243. The van der Waals surface area contributed by atoms with Gasteiger partial charge in [0.05, 0.1) is 24.2 Å². The number of fused-ring (bicyclic) bond motifs is 2. The predicted octanol–water partition coefficient (Wildman–Crippen LogP) is -4.94. The van der Waals surface area contributed by atoms with Gasteiger partial charge in [-0.15, -0.1) is 0 Å². The zero-order chi connectivity index (χ0) is 19.9. The van der Waals surface area contributed by atoms with Gasteiger partial charge in [0.1, 0.15) is 24.0 Å². The molecule has 28 heavy (non-hydrogen) atoms. The fourth-order valence-corrected chi connectivity index (χ4v) is 2.86.